The van der Waals surface area contributed by atoms with Crippen molar-refractivity contribution in [2.24, 2.45) is 0 Å². The number of aryl methyl sites for hydroxylation is 1. The Balaban J connectivity index is 2.77. The molecule has 0 aliphatic rings. The van der Waals surface area contributed by atoms with E-state index in [1.54, 1.807) is 19.9 Å². The van der Waals surface area contributed by atoms with Crippen LogP contribution in [0.2, 0.25) is 0 Å². The Kier molecular flexibility index (Phi) is 3.34. The highest BCUT2D eigenvalue weighted by atomic mass is 79.9. The zero-order valence-corrected chi connectivity index (χ0v) is 11.4. The van der Waals surface area contributed by atoms with Gasteiger partial charge in [-0.3, -0.25) is 4.79 Å². The van der Waals surface area contributed by atoms with Crippen LogP contribution in [0.4, 0.5) is 8.78 Å². The molecule has 2 aromatic rings. The van der Waals surface area contributed by atoms with Crippen molar-refractivity contribution in [2.75, 3.05) is 0 Å². The van der Waals surface area contributed by atoms with Crippen molar-refractivity contribution in [3.8, 4) is 5.69 Å². The minimum atomic E-state index is -0.680. The Morgan fingerprint density at radius 2 is 1.72 bits per heavy atom. The van der Waals surface area contributed by atoms with Gasteiger partial charge in [-0.2, -0.15) is 0 Å². The summed E-state index contributed by atoms with van der Waals surface area (Å²) in [6.45, 7) is 3.35. The van der Waals surface area contributed by atoms with Gasteiger partial charge in [0.1, 0.15) is 5.69 Å². The lowest BCUT2D eigenvalue weighted by Gasteiger charge is -2.12. The number of carbonyl (C=O) groups excluding carboxylic acids is 1. The molecule has 1 aromatic carbocycles. The van der Waals surface area contributed by atoms with Gasteiger partial charge in [0.25, 0.3) is 0 Å². The third-order valence-electron chi connectivity index (χ3n) is 2.80. The van der Waals surface area contributed by atoms with E-state index in [4.69, 9.17) is 0 Å². The average Bonchev–Trinajstić information content (AvgIpc) is 2.55. The molecule has 0 bridgehead atoms. The molecule has 0 radical (unpaired) electrons. The Bertz CT molecular complexity index is 611. The van der Waals surface area contributed by atoms with Gasteiger partial charge in [0.2, 0.25) is 0 Å². The molecule has 0 aliphatic heterocycles. The van der Waals surface area contributed by atoms with Gasteiger partial charge in [-0.05, 0) is 32.0 Å². The fourth-order valence-electron chi connectivity index (χ4n) is 2.00. The Hall–Kier alpha value is -1.49. The number of aldehydes is 1. The van der Waals surface area contributed by atoms with Crippen molar-refractivity contribution in [3.63, 3.8) is 0 Å². The number of hydrogen-bond donors (Lipinski definition) is 0. The van der Waals surface area contributed by atoms with Crippen LogP contribution >= 0.6 is 15.9 Å². The summed E-state index contributed by atoms with van der Waals surface area (Å²) in [6.07, 6.45) is 0.674. The minimum absolute atomic E-state index is 0.165. The van der Waals surface area contributed by atoms with Gasteiger partial charge in [-0.25, -0.2) is 8.78 Å². The van der Waals surface area contributed by atoms with Gasteiger partial charge < -0.3 is 4.57 Å². The fourth-order valence-corrected chi connectivity index (χ4v) is 2.40. The molecule has 0 spiro atoms. The van der Waals surface area contributed by atoms with E-state index < -0.39 is 11.6 Å². The van der Waals surface area contributed by atoms with E-state index in [9.17, 15) is 13.6 Å². The third-order valence-corrected chi connectivity index (χ3v) is 3.26. The summed E-state index contributed by atoms with van der Waals surface area (Å²) in [7, 11) is 0. The van der Waals surface area contributed by atoms with Crippen LogP contribution in [-0.2, 0) is 0 Å². The van der Waals surface area contributed by atoms with E-state index >= 15 is 0 Å². The summed E-state index contributed by atoms with van der Waals surface area (Å²) in [5, 5.41) is 0. The average molecular weight is 314 g/mol. The first-order chi connectivity index (χ1) is 8.45. The molecule has 0 amide bonds. The first-order valence-corrected chi connectivity index (χ1v) is 6.04. The molecule has 1 aromatic heterocycles. The van der Waals surface area contributed by atoms with E-state index in [-0.39, 0.29) is 5.69 Å². The van der Waals surface area contributed by atoms with Crippen LogP contribution in [-0.4, -0.2) is 10.9 Å². The van der Waals surface area contributed by atoms with Crippen LogP contribution in [0.3, 0.4) is 0 Å². The summed E-state index contributed by atoms with van der Waals surface area (Å²) in [5.74, 6) is -1.36. The van der Waals surface area contributed by atoms with E-state index in [0.29, 0.717) is 27.7 Å². The van der Waals surface area contributed by atoms with Crippen molar-refractivity contribution in [2.45, 2.75) is 13.8 Å². The first-order valence-electron chi connectivity index (χ1n) is 5.24. The Labute approximate surface area is 111 Å². The SMILES string of the molecule is Cc1cc(C=O)c(C)n1-c1c(F)cc(Br)cc1F. The largest absolute Gasteiger partial charge is 0.313 e. The van der Waals surface area contributed by atoms with Crippen molar-refractivity contribution < 1.29 is 13.6 Å². The molecule has 0 saturated carbocycles. The number of halogens is 3. The van der Waals surface area contributed by atoms with E-state index in [1.165, 1.54) is 16.7 Å². The molecule has 0 unspecified atom stereocenters. The lowest BCUT2D eigenvalue weighted by atomic mass is 10.2. The molecule has 1 heterocycles. The van der Waals surface area contributed by atoms with Crippen LogP contribution in [0.1, 0.15) is 21.7 Å². The quantitative estimate of drug-likeness (QED) is 0.769. The van der Waals surface area contributed by atoms with Gasteiger partial charge in [-0.1, -0.05) is 15.9 Å². The highest BCUT2D eigenvalue weighted by molar-refractivity contribution is 9.10. The van der Waals surface area contributed by atoms with Gasteiger partial charge in [0.15, 0.2) is 17.9 Å². The summed E-state index contributed by atoms with van der Waals surface area (Å²) in [6, 6.07) is 3.99. The Morgan fingerprint density at radius 3 is 2.17 bits per heavy atom. The first kappa shape index (κ1) is 13.0. The lowest BCUT2D eigenvalue weighted by molar-refractivity contribution is 0.112. The van der Waals surface area contributed by atoms with Gasteiger partial charge in [0.05, 0.1) is 0 Å². The lowest BCUT2D eigenvalue weighted by Crippen LogP contribution is -2.05. The molecule has 0 aliphatic carbocycles. The Morgan fingerprint density at radius 1 is 1.17 bits per heavy atom. The fraction of sp³-hybridized carbons (Fsp3) is 0.154. The number of nitrogens with zero attached hydrogens (tertiary/aromatic N) is 1. The predicted octanol–water partition coefficient (Wildman–Crippen LogP) is 3.95. The second kappa shape index (κ2) is 4.65. The van der Waals surface area contributed by atoms with Crippen molar-refractivity contribution in [1.29, 1.82) is 0 Å². The van der Waals surface area contributed by atoms with Crippen LogP contribution in [0.25, 0.3) is 5.69 Å². The number of carbonyl (C=O) groups is 1. The van der Waals surface area contributed by atoms with Gasteiger partial charge in [-0.15, -0.1) is 0 Å². The monoisotopic (exact) mass is 313 g/mol. The van der Waals surface area contributed by atoms with Crippen molar-refractivity contribution >= 4 is 22.2 Å². The third kappa shape index (κ3) is 1.99. The number of rotatable bonds is 2. The number of benzene rings is 1. The molecule has 2 rings (SSSR count). The minimum Gasteiger partial charge on any atom is -0.313 e. The predicted molar refractivity (Wildman–Crippen MR) is 68.2 cm³/mol. The van der Waals surface area contributed by atoms with Crippen LogP contribution in [0, 0.1) is 25.5 Å². The normalized spacial score (nSPS) is 10.7. The van der Waals surface area contributed by atoms with Crippen LogP contribution < -0.4 is 0 Å². The smallest absolute Gasteiger partial charge is 0.151 e. The summed E-state index contributed by atoms with van der Waals surface area (Å²) < 4.78 is 29.5. The molecule has 0 atom stereocenters. The van der Waals surface area contributed by atoms with Crippen LogP contribution in [0.15, 0.2) is 22.7 Å². The van der Waals surface area contributed by atoms with Crippen LogP contribution in [0.5, 0.6) is 0 Å². The molecule has 0 fully saturated rings. The van der Waals surface area contributed by atoms with Crippen molar-refractivity contribution in [1.82, 2.24) is 4.57 Å². The second-order valence-corrected chi connectivity index (χ2v) is 4.91. The number of hydrogen-bond acceptors (Lipinski definition) is 1. The summed E-state index contributed by atoms with van der Waals surface area (Å²) in [4.78, 5) is 10.8. The van der Waals surface area contributed by atoms with E-state index in [1.807, 2.05) is 0 Å². The maximum Gasteiger partial charge on any atom is 0.151 e. The molecular formula is C13H10BrF2NO. The summed E-state index contributed by atoms with van der Waals surface area (Å²) in [5.41, 5.74) is 1.38. The van der Waals surface area contributed by atoms with Gasteiger partial charge in [0, 0.05) is 21.4 Å². The highest BCUT2D eigenvalue weighted by Gasteiger charge is 2.18. The zero-order valence-electron chi connectivity index (χ0n) is 9.80. The maximum absolute atomic E-state index is 13.9. The number of aromatic nitrogens is 1. The van der Waals surface area contributed by atoms with E-state index in [0.717, 1.165) is 0 Å². The topological polar surface area (TPSA) is 22.0 Å². The molecule has 0 saturated heterocycles. The summed E-state index contributed by atoms with van der Waals surface area (Å²) >= 11 is 3.03. The van der Waals surface area contributed by atoms with Crippen molar-refractivity contribution in [3.05, 3.63) is 51.3 Å². The standard InChI is InChI=1S/C13H10BrF2NO/c1-7-3-9(6-18)8(2)17(7)13-11(15)4-10(14)5-12(13)16/h3-6H,1-2H3. The molecule has 18 heavy (non-hydrogen) atoms. The molecule has 2 nitrogen and oxygen atoms in total. The maximum atomic E-state index is 13.9. The molecular weight excluding hydrogens is 304 g/mol. The molecule has 5 heteroatoms. The molecule has 94 valence electrons. The highest BCUT2D eigenvalue weighted by Crippen LogP contribution is 2.27. The second-order valence-electron chi connectivity index (χ2n) is 4.00. The van der Waals surface area contributed by atoms with Gasteiger partial charge >= 0.3 is 0 Å². The van der Waals surface area contributed by atoms with E-state index in [2.05, 4.69) is 15.9 Å². The zero-order chi connectivity index (χ0) is 13.4. The molecule has 0 N–H and O–H groups in total.